The lowest BCUT2D eigenvalue weighted by Crippen LogP contribution is -2.77. The normalized spacial score (nSPS) is 40.4. The Bertz CT molecular complexity index is 1780. The number of hydrogen-bond donors (Lipinski definition) is 4. The van der Waals surface area contributed by atoms with Gasteiger partial charge in [-0.3, -0.25) is 9.80 Å². The number of piperidine rings is 2. The molecule has 2 aromatic rings. The van der Waals surface area contributed by atoms with Gasteiger partial charge in [0.05, 0.1) is 60.7 Å². The topological polar surface area (TPSA) is 134 Å². The Labute approximate surface area is 358 Å². The Morgan fingerprint density at radius 1 is 0.614 bits per heavy atom. The van der Waals surface area contributed by atoms with Crippen molar-refractivity contribution < 1.29 is 44.1 Å². The molecule has 6 fully saturated rings. The van der Waals surface area contributed by atoms with Crippen molar-refractivity contribution in [2.75, 3.05) is 52.6 Å². The van der Waals surface area contributed by atoms with E-state index in [2.05, 4.69) is 47.0 Å². The van der Waals surface area contributed by atoms with Crippen molar-refractivity contribution >= 4 is 37.2 Å². The number of rotatable bonds is 12. The van der Waals surface area contributed by atoms with Crippen LogP contribution in [-0.4, -0.2) is 131 Å². The highest BCUT2D eigenvalue weighted by Crippen LogP contribution is 2.67. The second kappa shape index (κ2) is 14.2. The van der Waals surface area contributed by atoms with Gasteiger partial charge in [-0.1, -0.05) is 12.1 Å². The van der Waals surface area contributed by atoms with Crippen molar-refractivity contribution in [3.8, 4) is 23.0 Å². The molecular weight excluding hydrogens is 954 g/mol. The summed E-state index contributed by atoms with van der Waals surface area (Å²) >= 11 is 4.24. The number of phenolic OH excluding ortho intramolecular Hbond substituents is 2. The maximum absolute atomic E-state index is 12.7. The molecule has 2 aromatic carbocycles. The van der Waals surface area contributed by atoms with Crippen LogP contribution in [0.25, 0.3) is 0 Å². The second-order valence-electron chi connectivity index (χ2n) is 19.1. The van der Waals surface area contributed by atoms with E-state index in [-0.39, 0.29) is 48.0 Å². The summed E-state index contributed by atoms with van der Waals surface area (Å²) in [6, 6.07) is 7.71. The third-order valence-electron chi connectivity index (χ3n) is 16.5. The molecule has 10 atom stereocenters. The van der Waals surface area contributed by atoms with Crippen LogP contribution in [0.3, 0.4) is 0 Å². The van der Waals surface area contributed by atoms with Gasteiger partial charge in [0.2, 0.25) is 0 Å². The van der Waals surface area contributed by atoms with E-state index in [1.165, 1.54) is 36.8 Å². The van der Waals surface area contributed by atoms with Crippen LogP contribution in [0.4, 0.5) is 0 Å². The number of aliphatic hydroxyl groups is 2. The van der Waals surface area contributed by atoms with Crippen molar-refractivity contribution in [2.24, 2.45) is 11.8 Å². The van der Waals surface area contributed by atoms with Crippen LogP contribution < -0.4 is 9.47 Å². The Morgan fingerprint density at radius 2 is 1.05 bits per heavy atom. The lowest BCUT2D eigenvalue weighted by atomic mass is 9.48. The number of nitrogens with zero attached hydrogens (tertiary/aromatic N) is 2. The molecule has 12 rings (SSSR count). The Hall–Kier alpha value is -1.18. The molecule has 0 amide bonds. The second-order valence-corrected chi connectivity index (χ2v) is 19.1. The standard InChI is InChI=1S/C44H56N2O9.I2/c47-29-7-5-27-21-33-43(49)11-9-31(39-41(43,35(27)37(29)54-39)13-15-45(33)23-25-1-2-25)52-19-17-51-18-20-53-32-10-12-44(50)34-22-28-6-8-30(48)38-36(28)42(44,40(32)55-38)14-16-46(34)24-26-3-4-26;1-2/h5-8,25-26,31-34,39-40,47-50H,1-4,9-24H2;/t31?,32?,33?,34?,39-,40-,41-,42-,43+,44+;/m0./s1. The van der Waals surface area contributed by atoms with Crippen LogP contribution in [-0.2, 0) is 37.9 Å². The predicted molar refractivity (Wildman–Crippen MR) is 228 cm³/mol. The molecule has 4 saturated carbocycles. The number of phenols is 2. The summed E-state index contributed by atoms with van der Waals surface area (Å²) in [5.41, 5.74) is 1.43. The van der Waals surface area contributed by atoms with Crippen molar-refractivity contribution in [1.82, 2.24) is 9.80 Å². The number of halogens is 2. The van der Waals surface area contributed by atoms with Crippen molar-refractivity contribution in [1.29, 1.82) is 0 Å². The van der Waals surface area contributed by atoms with Crippen LogP contribution in [0.15, 0.2) is 24.3 Å². The van der Waals surface area contributed by atoms with Gasteiger partial charge >= 0.3 is 0 Å². The summed E-state index contributed by atoms with van der Waals surface area (Å²) in [4.78, 5) is 5.11. The monoisotopic (exact) mass is 1010 g/mol. The van der Waals surface area contributed by atoms with E-state index in [0.717, 1.165) is 74.8 Å². The quantitative estimate of drug-likeness (QED) is 0.159. The fourth-order valence-electron chi connectivity index (χ4n) is 13.8. The van der Waals surface area contributed by atoms with Crippen LogP contribution in [0.5, 0.6) is 23.0 Å². The number of benzene rings is 2. The molecule has 310 valence electrons. The molecular formula is C44H56I2N2O9. The highest BCUT2D eigenvalue weighted by Gasteiger charge is 2.75. The Morgan fingerprint density at radius 3 is 1.47 bits per heavy atom. The summed E-state index contributed by atoms with van der Waals surface area (Å²) in [5.74, 6) is 2.91. The Kier molecular flexibility index (Phi) is 9.63. The minimum Gasteiger partial charge on any atom is -0.504 e. The summed E-state index contributed by atoms with van der Waals surface area (Å²) in [7, 11) is 0. The zero-order valence-corrected chi connectivity index (χ0v) is 36.9. The molecule has 13 heteroatoms. The van der Waals surface area contributed by atoms with E-state index < -0.39 is 22.0 Å². The van der Waals surface area contributed by atoms with Gasteiger partial charge in [-0.25, -0.2) is 0 Å². The van der Waals surface area contributed by atoms with E-state index in [4.69, 9.17) is 23.7 Å². The molecule has 2 saturated heterocycles. The first-order valence-corrected chi connectivity index (χ1v) is 28.0. The van der Waals surface area contributed by atoms with Crippen molar-refractivity contribution in [3.63, 3.8) is 0 Å². The predicted octanol–water partition coefficient (Wildman–Crippen LogP) is 5.48. The average molecular weight is 1010 g/mol. The minimum absolute atomic E-state index is 0.0500. The van der Waals surface area contributed by atoms with Crippen molar-refractivity contribution in [2.45, 2.75) is 136 Å². The van der Waals surface area contributed by atoms with Gasteiger partial charge < -0.3 is 44.1 Å². The summed E-state index contributed by atoms with van der Waals surface area (Å²) in [6.07, 6.45) is 9.87. The maximum Gasteiger partial charge on any atom is 0.165 e. The molecule has 10 aliphatic rings. The first-order chi connectivity index (χ1) is 27.7. The summed E-state index contributed by atoms with van der Waals surface area (Å²) < 4.78 is 32.5. The van der Waals surface area contributed by atoms with Crippen LogP contribution >= 0.6 is 37.2 Å². The Balaban J connectivity index is 0.00000184. The fourth-order valence-corrected chi connectivity index (χ4v) is 13.8. The van der Waals surface area contributed by atoms with Gasteiger partial charge in [0.1, 0.15) is 12.2 Å². The zero-order chi connectivity index (χ0) is 38.9. The SMILES string of the molecule is II.Oc1ccc2c3c1O[C@H]1C(OCCOCCOC4CC[C@@]5(O)C6Cc7ccc(O)c8c7[C@@]5(CCN6CC5CC5)[C@H]4O8)CC[C@@]4(O)C(C2)N(CC2CC2)CC[C@]314. The highest BCUT2D eigenvalue weighted by atomic mass is 128. The van der Waals surface area contributed by atoms with Crippen LogP contribution in [0, 0.1) is 11.8 Å². The molecule has 0 aromatic heterocycles. The number of ether oxygens (including phenoxy) is 5. The number of likely N-dealkylation sites (tertiary alicyclic amines) is 2. The first kappa shape index (κ1) is 38.7. The third kappa shape index (κ3) is 5.50. The van der Waals surface area contributed by atoms with Gasteiger partial charge in [-0.05, 0) is 125 Å². The molecule has 4 heterocycles. The molecule has 11 nitrogen and oxygen atoms in total. The van der Waals surface area contributed by atoms with Gasteiger partial charge in [0.15, 0.2) is 23.0 Å². The van der Waals surface area contributed by atoms with E-state index >= 15 is 0 Å². The molecule has 6 aliphatic carbocycles. The highest BCUT2D eigenvalue weighted by molar-refractivity contribution is 15.0. The van der Waals surface area contributed by atoms with Crippen molar-refractivity contribution in [3.05, 3.63) is 46.5 Å². The summed E-state index contributed by atoms with van der Waals surface area (Å²) in [6.45, 7) is 5.57. The van der Waals surface area contributed by atoms with E-state index in [0.29, 0.717) is 63.6 Å². The van der Waals surface area contributed by atoms with Gasteiger partial charge in [-0.2, -0.15) is 0 Å². The zero-order valence-electron chi connectivity index (χ0n) is 32.6. The van der Waals surface area contributed by atoms with E-state index in [1.54, 1.807) is 12.1 Å². The number of aromatic hydroxyl groups is 2. The molecule has 4 unspecified atom stereocenters. The third-order valence-corrected chi connectivity index (χ3v) is 16.5. The number of hydrogen-bond acceptors (Lipinski definition) is 11. The van der Waals surface area contributed by atoms with Crippen LogP contribution in [0.1, 0.15) is 86.5 Å². The molecule has 57 heavy (non-hydrogen) atoms. The molecule has 4 aliphatic heterocycles. The first-order valence-electron chi connectivity index (χ1n) is 21.7. The van der Waals surface area contributed by atoms with E-state index in [1.807, 2.05) is 12.1 Å². The summed E-state index contributed by atoms with van der Waals surface area (Å²) in [5, 5.41) is 47.4. The molecule has 4 N–H and O–H groups in total. The smallest absolute Gasteiger partial charge is 0.165 e. The van der Waals surface area contributed by atoms with Gasteiger partial charge in [0.25, 0.3) is 0 Å². The molecule has 0 radical (unpaired) electrons. The minimum atomic E-state index is -0.921. The lowest BCUT2D eigenvalue weighted by Gasteiger charge is -2.64. The van der Waals surface area contributed by atoms with E-state index in [9.17, 15) is 20.4 Å². The fraction of sp³-hybridized carbons (Fsp3) is 0.727. The largest absolute Gasteiger partial charge is 0.504 e. The lowest BCUT2D eigenvalue weighted by molar-refractivity contribution is -0.218. The molecule has 4 bridgehead atoms. The van der Waals surface area contributed by atoms with Gasteiger partial charge in [-0.15, -0.1) is 0 Å². The average Bonchev–Trinajstić information content (AvgIpc) is 4.14. The molecule has 2 spiro atoms. The van der Waals surface area contributed by atoms with Gasteiger partial charge in [0, 0.05) is 73.5 Å². The van der Waals surface area contributed by atoms with Crippen LogP contribution in [0.2, 0.25) is 0 Å². The maximum atomic E-state index is 12.7.